The van der Waals surface area contributed by atoms with Gasteiger partial charge >= 0.3 is 0 Å². The summed E-state index contributed by atoms with van der Waals surface area (Å²) in [6.45, 7) is 0.790. The minimum absolute atomic E-state index is 0.0534. The lowest BCUT2D eigenvalue weighted by atomic mass is 9.90. The molecule has 3 heterocycles. The Hall–Kier alpha value is -3.32. The van der Waals surface area contributed by atoms with E-state index in [1.165, 1.54) is 0 Å². The number of hydrogen-bond acceptors (Lipinski definition) is 5. The van der Waals surface area contributed by atoms with E-state index < -0.39 is 6.10 Å². The van der Waals surface area contributed by atoms with Gasteiger partial charge in [-0.15, -0.1) is 0 Å². The normalized spacial score (nSPS) is 21.2. The number of benzene rings is 2. The van der Waals surface area contributed by atoms with E-state index in [4.69, 9.17) is 21.3 Å². The number of aromatic nitrogens is 2. The van der Waals surface area contributed by atoms with E-state index >= 15 is 0 Å². The van der Waals surface area contributed by atoms with Gasteiger partial charge in [-0.2, -0.15) is 0 Å². The molecule has 3 atom stereocenters. The Morgan fingerprint density at radius 3 is 2.63 bits per heavy atom. The van der Waals surface area contributed by atoms with Crippen LogP contribution in [-0.2, 0) is 17.8 Å². The molecular formula is C31H30ClN3O3. The zero-order valence-electron chi connectivity index (χ0n) is 21.1. The first-order valence-electron chi connectivity index (χ1n) is 13.2. The molecule has 0 spiro atoms. The summed E-state index contributed by atoms with van der Waals surface area (Å²) in [7, 11) is 0. The zero-order chi connectivity index (χ0) is 26.1. The maximum absolute atomic E-state index is 14.1. The van der Waals surface area contributed by atoms with Crippen LogP contribution in [-0.4, -0.2) is 44.6 Å². The number of rotatable bonds is 7. The molecule has 4 aromatic rings. The van der Waals surface area contributed by atoms with Gasteiger partial charge in [0.2, 0.25) is 0 Å². The lowest BCUT2D eigenvalue weighted by Gasteiger charge is -2.38. The third-order valence-electron chi connectivity index (χ3n) is 7.77. The second-order valence-corrected chi connectivity index (χ2v) is 10.6. The largest absolute Gasteiger partial charge is 0.391 e. The van der Waals surface area contributed by atoms with E-state index in [2.05, 4.69) is 11.1 Å². The Bertz CT molecular complexity index is 1440. The van der Waals surface area contributed by atoms with Gasteiger partial charge in [0, 0.05) is 28.9 Å². The lowest BCUT2D eigenvalue weighted by Crippen LogP contribution is -2.48. The Labute approximate surface area is 227 Å². The van der Waals surface area contributed by atoms with E-state index in [1.807, 2.05) is 53.4 Å². The monoisotopic (exact) mass is 527 g/mol. The van der Waals surface area contributed by atoms with Gasteiger partial charge in [-0.25, -0.2) is 4.98 Å². The minimum atomic E-state index is -0.544. The van der Waals surface area contributed by atoms with Gasteiger partial charge in [-0.05, 0) is 54.2 Å². The van der Waals surface area contributed by atoms with E-state index in [0.717, 1.165) is 52.4 Å². The Balaban J connectivity index is 1.41. The average molecular weight is 528 g/mol. The van der Waals surface area contributed by atoms with Gasteiger partial charge in [0.15, 0.2) is 0 Å². The molecule has 3 unspecified atom stereocenters. The first kappa shape index (κ1) is 25.0. The maximum atomic E-state index is 14.1. The number of aliphatic hydroxyl groups excluding tert-OH is 1. The van der Waals surface area contributed by atoms with Gasteiger partial charge in [0.1, 0.15) is 5.15 Å². The number of fused-ring (bicyclic) bond motifs is 3. The van der Waals surface area contributed by atoms with Crippen LogP contribution in [0.2, 0.25) is 5.15 Å². The van der Waals surface area contributed by atoms with Crippen molar-refractivity contribution in [3.63, 3.8) is 0 Å². The molecule has 0 saturated heterocycles. The number of halogens is 1. The fraction of sp³-hybridized carbons (Fsp3) is 0.323. The molecule has 1 saturated carbocycles. The van der Waals surface area contributed by atoms with E-state index in [1.54, 1.807) is 18.5 Å². The van der Waals surface area contributed by atoms with Crippen molar-refractivity contribution in [2.24, 2.45) is 0 Å². The van der Waals surface area contributed by atoms with Gasteiger partial charge in [-0.3, -0.25) is 9.78 Å². The molecule has 2 aromatic carbocycles. The summed E-state index contributed by atoms with van der Waals surface area (Å²) in [5.74, 6) is -0.0534. The number of amides is 1. The standard InChI is InChI=1S/C31H30ClN3O3/c32-28-13-12-21(17-34-28)15-22-16-24-29(30-23(22)9-6-14-33-30)26(19-38-18-20-7-2-1-3-8-20)35(31(24)37)25-10-4-5-11-27(25)36/h1-3,6-9,12-14,16-17,25-27,36H,4-5,10-11,15,18-19H2. The molecule has 0 radical (unpaired) electrons. The fourth-order valence-corrected chi connectivity index (χ4v) is 6.08. The van der Waals surface area contributed by atoms with Crippen LogP contribution in [0.3, 0.4) is 0 Å². The number of carbonyl (C=O) groups excluding carboxylic acids is 1. The molecule has 2 aromatic heterocycles. The molecule has 1 fully saturated rings. The number of aliphatic hydroxyl groups is 1. The minimum Gasteiger partial charge on any atom is -0.391 e. The predicted octanol–water partition coefficient (Wildman–Crippen LogP) is 5.89. The number of carbonyl (C=O) groups is 1. The van der Waals surface area contributed by atoms with Crippen molar-refractivity contribution >= 4 is 28.4 Å². The molecular weight excluding hydrogens is 498 g/mol. The number of hydrogen-bond donors (Lipinski definition) is 1. The van der Waals surface area contributed by atoms with Gasteiger partial charge in [0.05, 0.1) is 36.9 Å². The van der Waals surface area contributed by atoms with Crippen molar-refractivity contribution in [1.82, 2.24) is 14.9 Å². The molecule has 1 N–H and O–H groups in total. The van der Waals surface area contributed by atoms with Crippen LogP contribution in [0.5, 0.6) is 0 Å². The van der Waals surface area contributed by atoms with Crippen molar-refractivity contribution in [3.8, 4) is 0 Å². The fourth-order valence-electron chi connectivity index (χ4n) is 5.97. The number of nitrogens with zero attached hydrogens (tertiary/aromatic N) is 3. The first-order valence-corrected chi connectivity index (χ1v) is 13.6. The molecule has 38 heavy (non-hydrogen) atoms. The SMILES string of the molecule is O=C1c2cc(Cc3ccc(Cl)nc3)c3cccnc3c2C(COCc2ccccc2)N1C1CCCCC1O. The molecule has 6 rings (SSSR count). The third-order valence-corrected chi connectivity index (χ3v) is 8.00. The van der Waals surface area contributed by atoms with Crippen LogP contribution in [0, 0.1) is 0 Å². The first-order chi connectivity index (χ1) is 18.6. The van der Waals surface area contributed by atoms with E-state index in [0.29, 0.717) is 36.8 Å². The highest BCUT2D eigenvalue weighted by Gasteiger charge is 2.45. The van der Waals surface area contributed by atoms with Crippen LogP contribution < -0.4 is 0 Å². The van der Waals surface area contributed by atoms with Crippen LogP contribution in [0.1, 0.15) is 64.3 Å². The highest BCUT2D eigenvalue weighted by atomic mass is 35.5. The summed E-state index contributed by atoms with van der Waals surface area (Å²) in [5, 5.41) is 12.4. The second-order valence-electron chi connectivity index (χ2n) is 10.2. The van der Waals surface area contributed by atoms with Crippen molar-refractivity contribution in [1.29, 1.82) is 0 Å². The molecule has 2 aliphatic rings. The highest BCUT2D eigenvalue weighted by Crippen LogP contribution is 2.43. The summed E-state index contributed by atoms with van der Waals surface area (Å²) in [6, 6.07) is 19.2. The van der Waals surface area contributed by atoms with Gasteiger partial charge < -0.3 is 14.7 Å². The quantitative estimate of drug-likeness (QED) is 0.303. The molecule has 1 aliphatic heterocycles. The van der Waals surface area contributed by atoms with E-state index in [-0.39, 0.29) is 18.0 Å². The molecule has 6 nitrogen and oxygen atoms in total. The smallest absolute Gasteiger partial charge is 0.255 e. The van der Waals surface area contributed by atoms with Gasteiger partial charge in [-0.1, -0.05) is 66.9 Å². The summed E-state index contributed by atoms with van der Waals surface area (Å²) in [4.78, 5) is 25.0. The Morgan fingerprint density at radius 2 is 1.84 bits per heavy atom. The third kappa shape index (κ3) is 4.80. The summed E-state index contributed by atoms with van der Waals surface area (Å²) in [6.07, 6.45) is 7.07. The highest BCUT2D eigenvalue weighted by molar-refractivity contribution is 6.29. The molecule has 194 valence electrons. The summed E-state index contributed by atoms with van der Waals surface area (Å²) >= 11 is 6.00. The van der Waals surface area contributed by atoms with Crippen LogP contribution in [0.15, 0.2) is 73.1 Å². The zero-order valence-corrected chi connectivity index (χ0v) is 21.8. The summed E-state index contributed by atoms with van der Waals surface area (Å²) in [5.41, 5.74) is 5.47. The predicted molar refractivity (Wildman–Crippen MR) is 147 cm³/mol. The Kier molecular flexibility index (Phi) is 7.11. The molecule has 7 heteroatoms. The molecule has 1 aliphatic carbocycles. The van der Waals surface area contributed by atoms with E-state index in [9.17, 15) is 9.90 Å². The van der Waals surface area contributed by atoms with Crippen molar-refractivity contribution in [3.05, 3.63) is 106 Å². The second kappa shape index (κ2) is 10.8. The van der Waals surface area contributed by atoms with Crippen LogP contribution in [0.4, 0.5) is 0 Å². The topological polar surface area (TPSA) is 75.5 Å². The number of pyridine rings is 2. The van der Waals surface area contributed by atoms with Crippen molar-refractivity contribution < 1.29 is 14.6 Å². The molecule has 0 bridgehead atoms. The summed E-state index contributed by atoms with van der Waals surface area (Å²) < 4.78 is 6.23. The van der Waals surface area contributed by atoms with Crippen LogP contribution in [0.25, 0.3) is 10.9 Å². The lowest BCUT2D eigenvalue weighted by molar-refractivity contribution is -0.0139. The van der Waals surface area contributed by atoms with Crippen molar-refractivity contribution in [2.45, 2.75) is 56.9 Å². The van der Waals surface area contributed by atoms with Gasteiger partial charge in [0.25, 0.3) is 5.91 Å². The van der Waals surface area contributed by atoms with Crippen molar-refractivity contribution in [2.75, 3.05) is 6.61 Å². The number of ether oxygens (including phenoxy) is 1. The molecule has 1 amide bonds. The average Bonchev–Trinajstić information content (AvgIpc) is 3.22. The van der Waals surface area contributed by atoms with Crippen LogP contribution >= 0.6 is 11.6 Å². The Morgan fingerprint density at radius 1 is 1.00 bits per heavy atom. The maximum Gasteiger partial charge on any atom is 0.255 e.